The Morgan fingerprint density at radius 3 is 2.23 bits per heavy atom. The van der Waals surface area contributed by atoms with Gasteiger partial charge in [-0.25, -0.2) is 18.0 Å². The van der Waals surface area contributed by atoms with E-state index in [1.54, 1.807) is 30.3 Å². The maximum atomic E-state index is 13.4. The van der Waals surface area contributed by atoms with Crippen LogP contribution in [-0.4, -0.2) is 39.1 Å². The lowest BCUT2D eigenvalue weighted by Gasteiger charge is -2.28. The molecule has 2 aromatic carbocycles. The van der Waals surface area contributed by atoms with Gasteiger partial charge in [0.1, 0.15) is 12.4 Å². The molecule has 1 atom stereocenters. The summed E-state index contributed by atoms with van der Waals surface area (Å²) in [6.45, 7) is 2.95. The minimum absolute atomic E-state index is 0.0973. The molecule has 0 heterocycles. The van der Waals surface area contributed by atoms with E-state index in [0.29, 0.717) is 17.7 Å². The summed E-state index contributed by atoms with van der Waals surface area (Å²) in [5.74, 6) is -0.682. The molecule has 1 unspecified atom stereocenters. The monoisotopic (exact) mass is 449 g/mol. The molecule has 0 saturated heterocycles. The molecular weight excluding hydrogens is 422 g/mol. The zero-order chi connectivity index (χ0) is 22.9. The summed E-state index contributed by atoms with van der Waals surface area (Å²) in [6.07, 6.45) is 0.367. The van der Waals surface area contributed by atoms with Crippen LogP contribution < -0.4 is 10.1 Å². The van der Waals surface area contributed by atoms with Gasteiger partial charge in [0.15, 0.2) is 0 Å². The van der Waals surface area contributed by atoms with Crippen molar-refractivity contribution >= 4 is 21.9 Å². The largest absolute Gasteiger partial charge is 0.497 e. The van der Waals surface area contributed by atoms with E-state index in [4.69, 9.17) is 14.2 Å². The molecule has 31 heavy (non-hydrogen) atoms. The smallest absolute Gasteiger partial charge is 0.408 e. The number of carbonyl (C=O) groups is 2. The molecule has 0 bridgehead atoms. The molecule has 168 valence electrons. The molecule has 0 aliphatic rings. The first-order chi connectivity index (χ1) is 14.7. The molecule has 2 rings (SSSR count). The van der Waals surface area contributed by atoms with E-state index >= 15 is 0 Å². The predicted octanol–water partition coefficient (Wildman–Crippen LogP) is 3.45. The Hall–Kier alpha value is -3.07. The molecular formula is C22H27NO7S. The van der Waals surface area contributed by atoms with Crippen LogP contribution in [0.15, 0.2) is 59.5 Å². The number of amides is 1. The summed E-state index contributed by atoms with van der Waals surface area (Å²) in [7, 11) is -2.95. The van der Waals surface area contributed by atoms with E-state index < -0.39 is 26.8 Å². The molecule has 9 heteroatoms. The normalized spacial score (nSPS) is 13.0. The lowest BCUT2D eigenvalue weighted by atomic mass is 10.2. The summed E-state index contributed by atoms with van der Waals surface area (Å²) < 4.78 is 42.0. The van der Waals surface area contributed by atoms with Crippen LogP contribution in [0.5, 0.6) is 5.75 Å². The van der Waals surface area contributed by atoms with Crippen molar-refractivity contribution in [1.82, 2.24) is 5.32 Å². The minimum atomic E-state index is -4.40. The third-order valence-electron chi connectivity index (χ3n) is 4.58. The quantitative estimate of drug-likeness (QED) is 0.437. The summed E-state index contributed by atoms with van der Waals surface area (Å²) in [5.41, 5.74) is 0.672. The molecule has 0 fully saturated rings. The lowest BCUT2D eigenvalue weighted by molar-refractivity contribution is -0.148. The molecule has 0 aliphatic heterocycles. The zero-order valence-corrected chi connectivity index (χ0v) is 18.6. The van der Waals surface area contributed by atoms with Gasteiger partial charge in [0.25, 0.3) is 0 Å². The van der Waals surface area contributed by atoms with E-state index in [0.717, 1.165) is 13.3 Å². The van der Waals surface area contributed by atoms with Gasteiger partial charge in [0, 0.05) is 0 Å². The standard InChI is InChI=1S/C22H27NO7S/c1-4-5-15-29-21(25)23-22(2,20(24)30-16-17-9-7-6-8-10-17)31(26,27)19-13-11-18(28-3)12-14-19/h6-14H,4-5,15-16H2,1-3H3,(H,23,25). The van der Waals surface area contributed by atoms with E-state index in [1.165, 1.54) is 31.4 Å². The number of ether oxygens (including phenoxy) is 3. The van der Waals surface area contributed by atoms with Gasteiger partial charge in [-0.3, -0.25) is 5.32 Å². The second-order valence-corrected chi connectivity index (χ2v) is 9.18. The van der Waals surface area contributed by atoms with Crippen molar-refractivity contribution in [2.75, 3.05) is 13.7 Å². The first kappa shape index (κ1) is 24.2. The number of sulfone groups is 1. The lowest BCUT2D eigenvalue weighted by Crippen LogP contribution is -2.58. The summed E-state index contributed by atoms with van der Waals surface area (Å²) in [6, 6.07) is 14.3. The Balaban J connectivity index is 2.32. The van der Waals surface area contributed by atoms with Gasteiger partial charge >= 0.3 is 12.1 Å². The van der Waals surface area contributed by atoms with Gasteiger partial charge < -0.3 is 14.2 Å². The number of benzene rings is 2. The fourth-order valence-corrected chi connectivity index (χ4v) is 4.08. The van der Waals surface area contributed by atoms with Gasteiger partial charge in [0.2, 0.25) is 14.7 Å². The molecule has 1 N–H and O–H groups in total. The van der Waals surface area contributed by atoms with Crippen molar-refractivity contribution in [1.29, 1.82) is 0 Å². The number of hydrogen-bond acceptors (Lipinski definition) is 7. The number of hydrogen-bond donors (Lipinski definition) is 1. The second-order valence-electron chi connectivity index (χ2n) is 6.89. The van der Waals surface area contributed by atoms with E-state index in [-0.39, 0.29) is 18.1 Å². The average Bonchev–Trinajstić information content (AvgIpc) is 2.78. The first-order valence-corrected chi connectivity index (χ1v) is 11.3. The molecule has 0 saturated carbocycles. The van der Waals surface area contributed by atoms with Crippen molar-refractivity contribution in [2.45, 2.75) is 43.1 Å². The number of unbranched alkanes of at least 4 members (excludes halogenated alkanes) is 1. The van der Waals surface area contributed by atoms with Crippen LogP contribution in [0.4, 0.5) is 4.79 Å². The van der Waals surface area contributed by atoms with Crippen LogP contribution >= 0.6 is 0 Å². The van der Waals surface area contributed by atoms with Gasteiger partial charge in [-0.15, -0.1) is 0 Å². The molecule has 0 aliphatic carbocycles. The van der Waals surface area contributed by atoms with Gasteiger partial charge in [0.05, 0.1) is 18.6 Å². The maximum absolute atomic E-state index is 13.4. The van der Waals surface area contributed by atoms with Crippen LogP contribution in [0.3, 0.4) is 0 Å². The number of methoxy groups -OCH3 is 1. The number of esters is 1. The molecule has 8 nitrogen and oxygen atoms in total. The Morgan fingerprint density at radius 2 is 1.65 bits per heavy atom. The summed E-state index contributed by atoms with van der Waals surface area (Å²) >= 11 is 0. The van der Waals surface area contributed by atoms with Crippen LogP contribution in [0, 0.1) is 0 Å². The highest BCUT2D eigenvalue weighted by Gasteiger charge is 2.50. The predicted molar refractivity (Wildman–Crippen MR) is 114 cm³/mol. The third-order valence-corrected chi connectivity index (χ3v) is 6.82. The van der Waals surface area contributed by atoms with Crippen LogP contribution in [0.2, 0.25) is 0 Å². The summed E-state index contributed by atoms with van der Waals surface area (Å²) in [4.78, 5) is 22.6. The molecule has 0 radical (unpaired) electrons. The van der Waals surface area contributed by atoms with Gasteiger partial charge in [-0.1, -0.05) is 43.7 Å². The number of alkyl carbamates (subject to hydrolysis) is 1. The highest BCUT2D eigenvalue weighted by molar-refractivity contribution is 7.93. The van der Waals surface area contributed by atoms with Crippen LogP contribution in [0.1, 0.15) is 32.3 Å². The second kappa shape index (κ2) is 10.8. The Kier molecular flexibility index (Phi) is 8.44. The van der Waals surface area contributed by atoms with Crippen molar-refractivity contribution in [2.24, 2.45) is 0 Å². The molecule has 2 aromatic rings. The highest BCUT2D eigenvalue weighted by Crippen LogP contribution is 2.27. The van der Waals surface area contributed by atoms with E-state index in [1.807, 2.05) is 6.92 Å². The van der Waals surface area contributed by atoms with E-state index in [2.05, 4.69) is 5.32 Å². The van der Waals surface area contributed by atoms with Crippen molar-refractivity contribution in [3.05, 3.63) is 60.2 Å². The SMILES string of the molecule is CCCCOC(=O)NC(C)(C(=O)OCc1ccccc1)S(=O)(=O)c1ccc(OC)cc1. The van der Waals surface area contributed by atoms with Crippen molar-refractivity contribution in [3.8, 4) is 5.75 Å². The Bertz CT molecular complexity index is 975. The molecule has 0 spiro atoms. The van der Waals surface area contributed by atoms with Gasteiger partial charge in [-0.2, -0.15) is 0 Å². The number of carbonyl (C=O) groups excluding carboxylic acids is 2. The third kappa shape index (κ3) is 5.97. The fraction of sp³-hybridized carbons (Fsp3) is 0.364. The zero-order valence-electron chi connectivity index (χ0n) is 17.8. The first-order valence-electron chi connectivity index (χ1n) is 9.79. The van der Waals surface area contributed by atoms with Crippen molar-refractivity contribution in [3.63, 3.8) is 0 Å². The fourth-order valence-electron chi connectivity index (χ4n) is 2.62. The average molecular weight is 450 g/mol. The maximum Gasteiger partial charge on any atom is 0.408 e. The van der Waals surface area contributed by atoms with Crippen molar-refractivity contribution < 1.29 is 32.2 Å². The minimum Gasteiger partial charge on any atom is -0.497 e. The van der Waals surface area contributed by atoms with Crippen LogP contribution in [0.25, 0.3) is 0 Å². The number of rotatable bonds is 10. The topological polar surface area (TPSA) is 108 Å². The Morgan fingerprint density at radius 1 is 1.00 bits per heavy atom. The Labute approximate surface area is 182 Å². The van der Waals surface area contributed by atoms with Crippen LogP contribution in [-0.2, 0) is 30.7 Å². The van der Waals surface area contributed by atoms with E-state index in [9.17, 15) is 18.0 Å². The number of nitrogens with one attached hydrogen (secondary N) is 1. The summed E-state index contributed by atoms with van der Waals surface area (Å²) in [5, 5.41) is 2.20. The highest BCUT2D eigenvalue weighted by atomic mass is 32.2. The van der Waals surface area contributed by atoms with Gasteiger partial charge in [-0.05, 0) is 43.2 Å². The molecule has 1 amide bonds. The molecule has 0 aromatic heterocycles.